The maximum absolute atomic E-state index is 10.7. The van der Waals surface area contributed by atoms with Crippen molar-refractivity contribution in [1.82, 2.24) is 0 Å². The first kappa shape index (κ1) is 11.3. The summed E-state index contributed by atoms with van der Waals surface area (Å²) in [4.78, 5) is 10.7. The highest BCUT2D eigenvalue weighted by Crippen LogP contribution is 2.25. The van der Waals surface area contributed by atoms with E-state index in [0.717, 1.165) is 6.07 Å². The summed E-state index contributed by atoms with van der Waals surface area (Å²) in [5.41, 5.74) is 4.48. The average Bonchev–Trinajstić information content (AvgIpc) is 2.09. The number of carboxylic acids is 1. The van der Waals surface area contributed by atoms with Gasteiger partial charge in [-0.25, -0.2) is 0 Å². The van der Waals surface area contributed by atoms with E-state index >= 15 is 0 Å². The van der Waals surface area contributed by atoms with Crippen molar-refractivity contribution in [3.8, 4) is 11.5 Å². The van der Waals surface area contributed by atoms with Gasteiger partial charge in [-0.05, 0) is 18.6 Å². The lowest BCUT2D eigenvalue weighted by atomic mass is 9.93. The molecule has 0 aliphatic heterocycles. The minimum absolute atomic E-state index is 0.00551. The van der Waals surface area contributed by atoms with Crippen LogP contribution < -0.4 is 5.73 Å². The molecule has 0 aliphatic carbocycles. The van der Waals surface area contributed by atoms with Crippen LogP contribution in [0.25, 0.3) is 0 Å². The van der Waals surface area contributed by atoms with Crippen LogP contribution >= 0.6 is 0 Å². The second-order valence-electron chi connectivity index (χ2n) is 3.71. The van der Waals surface area contributed by atoms with Crippen LogP contribution in [0, 0.1) is 0 Å². The minimum Gasteiger partial charge on any atom is -0.508 e. The highest BCUT2D eigenvalue weighted by atomic mass is 16.4. The lowest BCUT2D eigenvalue weighted by Gasteiger charge is -2.19. The first-order chi connectivity index (χ1) is 6.83. The molecule has 1 unspecified atom stereocenters. The molecule has 0 amide bonds. The molecule has 1 rings (SSSR count). The van der Waals surface area contributed by atoms with Crippen LogP contribution in [0.5, 0.6) is 11.5 Å². The number of carboxylic acid groups (broad SMARTS) is 1. The van der Waals surface area contributed by atoms with Crippen LogP contribution in [0.2, 0.25) is 0 Å². The van der Waals surface area contributed by atoms with Gasteiger partial charge in [-0.2, -0.15) is 0 Å². The maximum Gasteiger partial charge on any atom is 0.323 e. The van der Waals surface area contributed by atoms with E-state index in [-0.39, 0.29) is 17.9 Å². The monoisotopic (exact) mass is 211 g/mol. The summed E-state index contributed by atoms with van der Waals surface area (Å²) >= 11 is 0. The van der Waals surface area contributed by atoms with Crippen molar-refractivity contribution in [3.63, 3.8) is 0 Å². The predicted molar refractivity (Wildman–Crippen MR) is 53.7 cm³/mol. The zero-order valence-corrected chi connectivity index (χ0v) is 8.27. The molecule has 0 saturated heterocycles. The fourth-order valence-corrected chi connectivity index (χ4v) is 1.17. The number of hydrogen-bond donors (Lipinski definition) is 4. The van der Waals surface area contributed by atoms with Gasteiger partial charge in [0.05, 0.1) is 0 Å². The van der Waals surface area contributed by atoms with Gasteiger partial charge in [-0.15, -0.1) is 0 Å². The number of nitrogens with two attached hydrogens (primary N) is 1. The molecule has 0 spiro atoms. The van der Waals surface area contributed by atoms with E-state index in [9.17, 15) is 9.90 Å². The van der Waals surface area contributed by atoms with Crippen molar-refractivity contribution in [2.45, 2.75) is 18.9 Å². The van der Waals surface area contributed by atoms with Crippen LogP contribution in [-0.4, -0.2) is 26.8 Å². The van der Waals surface area contributed by atoms with Gasteiger partial charge in [0.15, 0.2) is 0 Å². The Morgan fingerprint density at radius 3 is 2.53 bits per heavy atom. The Morgan fingerprint density at radius 2 is 2.07 bits per heavy atom. The standard InChI is InChI=1S/C10H13NO4/c1-10(11,9(14)15)5-6-2-3-7(12)4-8(6)13/h2-4,12-13H,5,11H2,1H3,(H,14,15). The summed E-state index contributed by atoms with van der Waals surface area (Å²) in [6.07, 6.45) is -0.00551. The van der Waals surface area contributed by atoms with Crippen LogP contribution in [0.1, 0.15) is 12.5 Å². The summed E-state index contributed by atoms with van der Waals surface area (Å²) in [6, 6.07) is 3.96. The van der Waals surface area contributed by atoms with Crippen LogP contribution in [-0.2, 0) is 11.2 Å². The number of aliphatic carboxylic acids is 1. The number of phenols is 2. The SMILES string of the molecule is CC(N)(Cc1ccc(O)cc1O)C(=O)O. The second-order valence-corrected chi connectivity index (χ2v) is 3.71. The topological polar surface area (TPSA) is 104 Å². The third-order valence-electron chi connectivity index (χ3n) is 2.12. The van der Waals surface area contributed by atoms with Crippen molar-refractivity contribution in [2.24, 2.45) is 5.73 Å². The Kier molecular flexibility index (Phi) is 2.85. The smallest absolute Gasteiger partial charge is 0.323 e. The van der Waals surface area contributed by atoms with Crippen molar-refractivity contribution >= 4 is 5.97 Å². The van der Waals surface area contributed by atoms with Crippen molar-refractivity contribution < 1.29 is 20.1 Å². The van der Waals surface area contributed by atoms with E-state index < -0.39 is 11.5 Å². The van der Waals surface area contributed by atoms with Crippen LogP contribution in [0.4, 0.5) is 0 Å². The van der Waals surface area contributed by atoms with Crippen LogP contribution in [0.3, 0.4) is 0 Å². The molecule has 15 heavy (non-hydrogen) atoms. The van der Waals surface area contributed by atoms with Gasteiger partial charge in [0, 0.05) is 12.5 Å². The van der Waals surface area contributed by atoms with Crippen molar-refractivity contribution in [2.75, 3.05) is 0 Å². The molecule has 5 nitrogen and oxygen atoms in total. The molecule has 0 radical (unpaired) electrons. The minimum atomic E-state index is -1.44. The molecule has 0 aromatic heterocycles. The Morgan fingerprint density at radius 1 is 1.47 bits per heavy atom. The van der Waals surface area contributed by atoms with Gasteiger partial charge >= 0.3 is 5.97 Å². The zero-order chi connectivity index (χ0) is 11.6. The van der Waals surface area contributed by atoms with Crippen molar-refractivity contribution in [1.29, 1.82) is 0 Å². The molecule has 0 fully saturated rings. The zero-order valence-electron chi connectivity index (χ0n) is 8.27. The van der Waals surface area contributed by atoms with E-state index in [1.165, 1.54) is 19.1 Å². The first-order valence-electron chi connectivity index (χ1n) is 4.36. The van der Waals surface area contributed by atoms with Gasteiger partial charge in [-0.3, -0.25) is 4.79 Å². The summed E-state index contributed by atoms with van der Waals surface area (Å²) in [7, 11) is 0. The Balaban J connectivity index is 2.95. The molecule has 1 atom stereocenters. The quantitative estimate of drug-likeness (QED) is 0.581. The molecule has 0 aliphatic rings. The fraction of sp³-hybridized carbons (Fsp3) is 0.300. The maximum atomic E-state index is 10.7. The van der Waals surface area contributed by atoms with Gasteiger partial charge in [-0.1, -0.05) is 6.07 Å². The fourth-order valence-electron chi connectivity index (χ4n) is 1.17. The molecule has 0 heterocycles. The highest BCUT2D eigenvalue weighted by molar-refractivity contribution is 5.78. The molecular formula is C10H13NO4. The second kappa shape index (κ2) is 3.78. The summed E-state index contributed by atoms with van der Waals surface area (Å²) in [5.74, 6) is -1.38. The third-order valence-corrected chi connectivity index (χ3v) is 2.12. The first-order valence-corrected chi connectivity index (χ1v) is 4.36. The number of phenolic OH excluding ortho intramolecular Hbond substituents is 2. The number of aromatic hydroxyl groups is 2. The Bertz CT molecular complexity index is 387. The van der Waals surface area contributed by atoms with E-state index in [0.29, 0.717) is 5.56 Å². The number of carbonyl (C=O) groups is 1. The van der Waals surface area contributed by atoms with Crippen LogP contribution in [0.15, 0.2) is 18.2 Å². The molecule has 0 bridgehead atoms. The van der Waals surface area contributed by atoms with E-state index in [1.54, 1.807) is 0 Å². The number of rotatable bonds is 3. The lowest BCUT2D eigenvalue weighted by molar-refractivity contribution is -0.142. The number of benzene rings is 1. The van der Waals surface area contributed by atoms with Gasteiger partial charge in [0.2, 0.25) is 0 Å². The normalized spacial score (nSPS) is 14.5. The Hall–Kier alpha value is -1.75. The lowest BCUT2D eigenvalue weighted by Crippen LogP contribution is -2.46. The third kappa shape index (κ3) is 2.60. The molecule has 1 aromatic carbocycles. The number of hydrogen-bond acceptors (Lipinski definition) is 4. The van der Waals surface area contributed by atoms with Gasteiger partial charge in [0.25, 0.3) is 0 Å². The Labute approximate surface area is 86.8 Å². The largest absolute Gasteiger partial charge is 0.508 e. The highest BCUT2D eigenvalue weighted by Gasteiger charge is 2.29. The van der Waals surface area contributed by atoms with Gasteiger partial charge in [0.1, 0.15) is 17.0 Å². The van der Waals surface area contributed by atoms with Crippen molar-refractivity contribution in [3.05, 3.63) is 23.8 Å². The molecule has 82 valence electrons. The average molecular weight is 211 g/mol. The van der Waals surface area contributed by atoms with Gasteiger partial charge < -0.3 is 21.1 Å². The van der Waals surface area contributed by atoms with E-state index in [4.69, 9.17) is 15.9 Å². The summed E-state index contributed by atoms with van der Waals surface area (Å²) in [6.45, 7) is 1.36. The molecule has 0 saturated carbocycles. The molecule has 5 N–H and O–H groups in total. The molecular weight excluding hydrogens is 198 g/mol. The van der Waals surface area contributed by atoms with E-state index in [2.05, 4.69) is 0 Å². The van der Waals surface area contributed by atoms with E-state index in [1.807, 2.05) is 0 Å². The molecule has 5 heteroatoms. The summed E-state index contributed by atoms with van der Waals surface area (Å²) < 4.78 is 0. The molecule has 1 aromatic rings. The predicted octanol–water partition coefficient (Wildman–Crippen LogP) is 0.442. The summed E-state index contributed by atoms with van der Waals surface area (Å²) in [5, 5.41) is 27.3.